The summed E-state index contributed by atoms with van der Waals surface area (Å²) in [6.07, 6.45) is 4.04. The van der Waals surface area contributed by atoms with E-state index in [0.29, 0.717) is 0 Å². The van der Waals surface area contributed by atoms with E-state index in [0.717, 1.165) is 23.5 Å². The van der Waals surface area contributed by atoms with Gasteiger partial charge in [-0.2, -0.15) is 0 Å². The van der Waals surface area contributed by atoms with Crippen LogP contribution in [0.2, 0.25) is 5.02 Å². The fourth-order valence-electron chi connectivity index (χ4n) is 2.29. The maximum atomic E-state index is 5.94. The second-order valence-electron chi connectivity index (χ2n) is 4.84. The summed E-state index contributed by atoms with van der Waals surface area (Å²) >= 11 is 5.94. The Morgan fingerprint density at radius 3 is 2.94 bits per heavy atom. The van der Waals surface area contributed by atoms with Crippen LogP contribution in [0.1, 0.15) is 37.3 Å². The lowest BCUT2D eigenvalue weighted by molar-refractivity contribution is 0.598. The van der Waals surface area contributed by atoms with Gasteiger partial charge in [-0.25, -0.2) is 0 Å². The first-order valence-electron chi connectivity index (χ1n) is 6.19. The zero-order chi connectivity index (χ0) is 11.5. The highest BCUT2D eigenvalue weighted by Gasteiger charge is 2.35. The van der Waals surface area contributed by atoms with Crippen LogP contribution in [-0.2, 0) is 6.54 Å². The average molecular weight is 238 g/mol. The van der Waals surface area contributed by atoms with Crippen molar-refractivity contribution in [2.24, 2.45) is 5.92 Å². The van der Waals surface area contributed by atoms with Crippen molar-refractivity contribution < 1.29 is 0 Å². The Labute approximate surface area is 103 Å². The molecule has 0 aromatic heterocycles. The van der Waals surface area contributed by atoms with E-state index in [2.05, 4.69) is 25.2 Å². The van der Waals surface area contributed by atoms with Crippen molar-refractivity contribution >= 4 is 11.6 Å². The van der Waals surface area contributed by atoms with E-state index in [4.69, 9.17) is 11.6 Å². The van der Waals surface area contributed by atoms with Crippen LogP contribution in [0.5, 0.6) is 0 Å². The van der Waals surface area contributed by atoms with Crippen LogP contribution in [0.4, 0.5) is 0 Å². The monoisotopic (exact) mass is 237 g/mol. The zero-order valence-corrected chi connectivity index (χ0v) is 10.8. The second-order valence-corrected chi connectivity index (χ2v) is 5.28. The molecule has 16 heavy (non-hydrogen) atoms. The lowest BCUT2D eigenvalue weighted by Crippen LogP contribution is -2.18. The molecule has 1 aliphatic carbocycles. The lowest BCUT2D eigenvalue weighted by atomic mass is 10.1. The van der Waals surface area contributed by atoms with E-state index in [1.807, 2.05) is 12.1 Å². The topological polar surface area (TPSA) is 12.0 Å². The molecule has 0 amide bonds. The van der Waals surface area contributed by atoms with Crippen molar-refractivity contribution in [1.82, 2.24) is 5.32 Å². The molecule has 1 saturated carbocycles. The molecular formula is C14H20ClN. The number of halogens is 1. The van der Waals surface area contributed by atoms with Crippen LogP contribution < -0.4 is 5.32 Å². The molecule has 2 rings (SSSR count). The minimum Gasteiger partial charge on any atom is -0.310 e. The van der Waals surface area contributed by atoms with Crippen LogP contribution in [0.15, 0.2) is 18.2 Å². The van der Waals surface area contributed by atoms with Crippen molar-refractivity contribution in [1.29, 1.82) is 0 Å². The Bertz CT molecular complexity index is 362. The Morgan fingerprint density at radius 1 is 1.44 bits per heavy atom. The molecule has 0 saturated heterocycles. The number of benzene rings is 1. The van der Waals surface area contributed by atoms with E-state index >= 15 is 0 Å². The van der Waals surface area contributed by atoms with Gasteiger partial charge in [0, 0.05) is 17.6 Å². The van der Waals surface area contributed by atoms with Gasteiger partial charge in [-0.15, -0.1) is 0 Å². The average Bonchev–Trinajstić information content (AvgIpc) is 2.96. The summed E-state index contributed by atoms with van der Waals surface area (Å²) in [4.78, 5) is 0. The highest BCUT2D eigenvalue weighted by Crippen LogP contribution is 2.34. The fourth-order valence-corrected chi connectivity index (χ4v) is 2.51. The lowest BCUT2D eigenvalue weighted by Gasteiger charge is -2.07. The summed E-state index contributed by atoms with van der Waals surface area (Å²) in [6, 6.07) is 6.90. The van der Waals surface area contributed by atoms with E-state index in [9.17, 15) is 0 Å². The summed E-state index contributed by atoms with van der Waals surface area (Å²) in [6.45, 7) is 5.37. The van der Waals surface area contributed by atoms with Gasteiger partial charge >= 0.3 is 0 Å². The molecule has 2 heteroatoms. The predicted molar refractivity (Wildman–Crippen MR) is 69.8 cm³/mol. The van der Waals surface area contributed by atoms with E-state index in [1.165, 1.54) is 30.4 Å². The first-order valence-corrected chi connectivity index (χ1v) is 6.57. The van der Waals surface area contributed by atoms with Crippen molar-refractivity contribution in [3.63, 3.8) is 0 Å². The van der Waals surface area contributed by atoms with Gasteiger partial charge in [-0.3, -0.25) is 0 Å². The predicted octanol–water partition coefficient (Wildman–Crippen LogP) is 3.93. The molecule has 1 fully saturated rings. The van der Waals surface area contributed by atoms with Crippen molar-refractivity contribution in [3.05, 3.63) is 34.3 Å². The first-order chi connectivity index (χ1) is 7.70. The van der Waals surface area contributed by atoms with Gasteiger partial charge in [-0.05, 0) is 48.9 Å². The normalized spacial score (nSPS) is 23.4. The van der Waals surface area contributed by atoms with Gasteiger partial charge in [0.2, 0.25) is 0 Å². The minimum absolute atomic E-state index is 0.759. The zero-order valence-electron chi connectivity index (χ0n) is 10.1. The van der Waals surface area contributed by atoms with E-state index in [1.54, 1.807) is 0 Å². The third-order valence-corrected chi connectivity index (χ3v) is 3.68. The van der Waals surface area contributed by atoms with Crippen molar-refractivity contribution in [3.8, 4) is 0 Å². The fraction of sp³-hybridized carbons (Fsp3) is 0.571. The number of nitrogens with one attached hydrogen (secondary N) is 1. The Kier molecular flexibility index (Phi) is 3.88. The molecule has 0 heterocycles. The van der Waals surface area contributed by atoms with E-state index in [-0.39, 0.29) is 0 Å². The molecule has 1 aliphatic rings. The van der Waals surface area contributed by atoms with Gasteiger partial charge in [0.1, 0.15) is 0 Å². The smallest absolute Gasteiger partial charge is 0.0408 e. The summed E-state index contributed by atoms with van der Waals surface area (Å²) in [7, 11) is 0. The molecule has 1 aromatic carbocycles. The molecule has 1 nitrogen and oxygen atoms in total. The Hall–Kier alpha value is -0.530. The number of hydrogen-bond acceptors (Lipinski definition) is 1. The molecule has 1 aromatic rings. The van der Waals surface area contributed by atoms with Crippen LogP contribution in [0.25, 0.3) is 0 Å². The van der Waals surface area contributed by atoms with Gasteiger partial charge < -0.3 is 5.32 Å². The maximum Gasteiger partial charge on any atom is 0.0408 e. The minimum atomic E-state index is 0.759. The van der Waals surface area contributed by atoms with Gasteiger partial charge in [0.25, 0.3) is 0 Å². The van der Waals surface area contributed by atoms with Crippen molar-refractivity contribution in [2.75, 3.05) is 0 Å². The highest BCUT2D eigenvalue weighted by atomic mass is 35.5. The van der Waals surface area contributed by atoms with Crippen LogP contribution in [-0.4, -0.2) is 6.04 Å². The molecule has 0 spiro atoms. The van der Waals surface area contributed by atoms with Crippen LogP contribution in [0.3, 0.4) is 0 Å². The molecule has 0 radical (unpaired) electrons. The molecule has 88 valence electrons. The molecule has 2 atom stereocenters. The first kappa shape index (κ1) is 11.9. The molecular weight excluding hydrogens is 218 g/mol. The van der Waals surface area contributed by atoms with E-state index < -0.39 is 0 Å². The van der Waals surface area contributed by atoms with Crippen LogP contribution >= 0.6 is 11.6 Å². The summed E-state index contributed by atoms with van der Waals surface area (Å²) in [5.74, 6) is 0.928. The Morgan fingerprint density at radius 2 is 2.25 bits per heavy atom. The molecule has 2 unspecified atom stereocenters. The Balaban J connectivity index is 1.82. The van der Waals surface area contributed by atoms with Gasteiger partial charge in [-0.1, -0.05) is 31.0 Å². The summed E-state index contributed by atoms with van der Waals surface area (Å²) in [5, 5.41) is 4.46. The number of rotatable bonds is 5. The largest absolute Gasteiger partial charge is 0.310 e. The van der Waals surface area contributed by atoms with Gasteiger partial charge in [0.05, 0.1) is 0 Å². The standard InChI is InChI=1S/C14H20ClN/c1-3-4-11-8-14(11)16-9-12-5-6-13(15)7-10(12)2/h5-7,11,14,16H,3-4,8-9H2,1-2H3. The summed E-state index contributed by atoms with van der Waals surface area (Å²) < 4.78 is 0. The quantitative estimate of drug-likeness (QED) is 0.819. The maximum absolute atomic E-state index is 5.94. The molecule has 0 aliphatic heterocycles. The van der Waals surface area contributed by atoms with Crippen molar-refractivity contribution in [2.45, 2.75) is 45.7 Å². The highest BCUT2D eigenvalue weighted by molar-refractivity contribution is 6.30. The summed E-state index contributed by atoms with van der Waals surface area (Å²) in [5.41, 5.74) is 2.65. The second kappa shape index (κ2) is 5.20. The SMILES string of the molecule is CCCC1CC1NCc1ccc(Cl)cc1C. The number of hydrogen-bond donors (Lipinski definition) is 1. The third kappa shape index (κ3) is 2.99. The molecule has 1 N–H and O–H groups in total. The molecule has 0 bridgehead atoms. The number of aryl methyl sites for hydroxylation is 1. The van der Waals surface area contributed by atoms with Gasteiger partial charge in [0.15, 0.2) is 0 Å². The third-order valence-electron chi connectivity index (χ3n) is 3.44. The van der Waals surface area contributed by atoms with Crippen LogP contribution in [0, 0.1) is 12.8 Å².